The Kier molecular flexibility index (Phi) is 15.6. The van der Waals surface area contributed by atoms with Gasteiger partial charge in [-0.05, 0) is 36.4 Å². The fourth-order valence-corrected chi connectivity index (χ4v) is 4.60. The minimum atomic E-state index is -0.336. The lowest BCUT2D eigenvalue weighted by Crippen LogP contribution is -2.42. The number of unbranched alkanes of at least 4 members (excludes halogenated alkanes) is 4. The van der Waals surface area contributed by atoms with Crippen LogP contribution in [0.3, 0.4) is 0 Å². The maximum atomic E-state index is 12.8. The smallest absolute Gasteiger partial charge is 0.226 e. The lowest BCUT2D eigenvalue weighted by molar-refractivity contribution is -0.130. The van der Waals surface area contributed by atoms with Gasteiger partial charge in [-0.25, -0.2) is 0 Å². The summed E-state index contributed by atoms with van der Waals surface area (Å²) in [5.74, 6) is 3.56. The SMILES string of the molecule is CCCCCCCC(C)C(C)CC(C)BCC(S)NC(=O)C(C)(C)CC(C)C(C)C. The van der Waals surface area contributed by atoms with Crippen LogP contribution in [0.5, 0.6) is 0 Å². The van der Waals surface area contributed by atoms with E-state index in [2.05, 4.69) is 80.3 Å². The molecule has 0 aromatic rings. The van der Waals surface area contributed by atoms with Crippen LogP contribution in [0.15, 0.2) is 0 Å². The normalized spacial score (nSPS) is 17.3. The van der Waals surface area contributed by atoms with E-state index in [0.717, 1.165) is 31.9 Å². The van der Waals surface area contributed by atoms with Gasteiger partial charge in [0.2, 0.25) is 5.91 Å². The first-order valence-electron chi connectivity index (χ1n) is 12.9. The number of hydrogen-bond donors (Lipinski definition) is 2. The zero-order valence-electron chi connectivity index (χ0n) is 21.9. The second-order valence-corrected chi connectivity index (χ2v) is 12.0. The first kappa shape index (κ1) is 29.9. The fourth-order valence-electron chi connectivity index (χ4n) is 4.33. The van der Waals surface area contributed by atoms with Crippen molar-refractivity contribution in [2.75, 3.05) is 0 Å². The number of rotatable bonds is 17. The monoisotopic (exact) mass is 439 g/mol. The van der Waals surface area contributed by atoms with E-state index in [1.807, 2.05) is 0 Å². The number of nitrogens with one attached hydrogen (secondary N) is 1. The lowest BCUT2D eigenvalue weighted by Gasteiger charge is -2.30. The highest BCUT2D eigenvalue weighted by molar-refractivity contribution is 7.81. The predicted octanol–water partition coefficient (Wildman–Crippen LogP) is 7.75. The van der Waals surface area contributed by atoms with Crippen molar-refractivity contribution in [2.45, 2.75) is 131 Å². The van der Waals surface area contributed by atoms with Gasteiger partial charge < -0.3 is 5.32 Å². The number of thiol groups is 1. The second-order valence-electron chi connectivity index (χ2n) is 11.4. The van der Waals surface area contributed by atoms with E-state index in [4.69, 9.17) is 0 Å². The maximum Gasteiger partial charge on any atom is 0.226 e. The van der Waals surface area contributed by atoms with Gasteiger partial charge in [0.1, 0.15) is 7.28 Å². The van der Waals surface area contributed by atoms with Gasteiger partial charge in [0.25, 0.3) is 0 Å². The van der Waals surface area contributed by atoms with E-state index < -0.39 is 0 Å². The lowest BCUT2D eigenvalue weighted by atomic mass is 9.59. The summed E-state index contributed by atoms with van der Waals surface area (Å²) in [5, 5.41) is 3.12. The Balaban J connectivity index is 4.21. The standard InChI is InChI=1S/C26H54BNOS/c1-10-11-12-13-14-15-20(4)21(5)16-23(7)27-18-24(30)28-25(29)26(8,9)17-22(6)19(2)3/h19-24,27,30H,10-18H2,1-9H3,(H,28,29). The molecule has 0 aromatic heterocycles. The van der Waals surface area contributed by atoms with Crippen molar-refractivity contribution in [3.63, 3.8) is 0 Å². The minimum Gasteiger partial charge on any atom is -0.345 e. The van der Waals surface area contributed by atoms with Gasteiger partial charge in [-0.2, -0.15) is 12.6 Å². The molecule has 0 fully saturated rings. The molecule has 2 nitrogen and oxygen atoms in total. The summed E-state index contributed by atoms with van der Waals surface area (Å²) >= 11 is 4.68. The second kappa shape index (κ2) is 15.6. The first-order chi connectivity index (χ1) is 13.9. The summed E-state index contributed by atoms with van der Waals surface area (Å²) in [5.41, 5.74) is -0.336. The van der Waals surface area contributed by atoms with Crippen LogP contribution in [0, 0.1) is 29.1 Å². The van der Waals surface area contributed by atoms with Crippen molar-refractivity contribution in [2.24, 2.45) is 29.1 Å². The molecular formula is C26H54BNOS. The van der Waals surface area contributed by atoms with Crippen molar-refractivity contribution in [3.05, 3.63) is 0 Å². The molecule has 0 spiro atoms. The van der Waals surface area contributed by atoms with Crippen LogP contribution in [-0.2, 0) is 4.79 Å². The summed E-state index contributed by atoms with van der Waals surface area (Å²) in [6, 6.07) is 0. The van der Waals surface area contributed by atoms with Gasteiger partial charge in [0.05, 0.1) is 5.37 Å². The van der Waals surface area contributed by atoms with E-state index in [0.29, 0.717) is 17.7 Å². The van der Waals surface area contributed by atoms with Crippen LogP contribution in [-0.4, -0.2) is 18.6 Å². The van der Waals surface area contributed by atoms with E-state index in [1.54, 1.807) is 0 Å². The molecule has 30 heavy (non-hydrogen) atoms. The molecule has 0 radical (unpaired) electrons. The van der Waals surface area contributed by atoms with Gasteiger partial charge in [-0.15, -0.1) is 0 Å². The third-order valence-corrected chi connectivity index (χ3v) is 7.71. The van der Waals surface area contributed by atoms with Crippen LogP contribution in [0.2, 0.25) is 12.1 Å². The summed E-state index contributed by atoms with van der Waals surface area (Å²) in [4.78, 5) is 12.8. The molecule has 0 aromatic carbocycles. The Labute approximate surface area is 196 Å². The number of carbonyl (C=O) groups excluding carboxylic acids is 1. The highest BCUT2D eigenvalue weighted by Crippen LogP contribution is 2.30. The molecule has 5 unspecified atom stereocenters. The Morgan fingerprint density at radius 1 is 0.933 bits per heavy atom. The Morgan fingerprint density at radius 2 is 1.53 bits per heavy atom. The van der Waals surface area contributed by atoms with E-state index in [9.17, 15) is 4.79 Å². The van der Waals surface area contributed by atoms with Gasteiger partial charge in [0.15, 0.2) is 0 Å². The van der Waals surface area contributed by atoms with E-state index >= 15 is 0 Å². The predicted molar refractivity (Wildman–Crippen MR) is 141 cm³/mol. The molecule has 4 heteroatoms. The molecule has 178 valence electrons. The molecule has 0 saturated carbocycles. The summed E-state index contributed by atoms with van der Waals surface area (Å²) in [7, 11) is 1.13. The quantitative estimate of drug-likeness (QED) is 0.103. The maximum absolute atomic E-state index is 12.8. The molecule has 0 aliphatic heterocycles. The van der Waals surface area contributed by atoms with Crippen molar-refractivity contribution in [3.8, 4) is 0 Å². The van der Waals surface area contributed by atoms with Crippen molar-refractivity contribution < 1.29 is 4.79 Å². The van der Waals surface area contributed by atoms with E-state index in [-0.39, 0.29) is 16.7 Å². The molecule has 0 rings (SSSR count). The van der Waals surface area contributed by atoms with Crippen molar-refractivity contribution in [1.29, 1.82) is 0 Å². The van der Waals surface area contributed by atoms with Crippen LogP contribution in [0.4, 0.5) is 0 Å². The summed E-state index contributed by atoms with van der Waals surface area (Å²) in [6.45, 7) is 20.3. The van der Waals surface area contributed by atoms with Gasteiger partial charge in [-0.3, -0.25) is 4.79 Å². The molecule has 0 aliphatic rings. The molecule has 0 bridgehead atoms. The first-order valence-corrected chi connectivity index (χ1v) is 13.4. The molecule has 0 heterocycles. The van der Waals surface area contributed by atoms with Crippen LogP contribution < -0.4 is 5.32 Å². The summed E-state index contributed by atoms with van der Waals surface area (Å²) in [6.07, 6.45) is 11.4. The Hall–Kier alpha value is -0.115. The Morgan fingerprint density at radius 3 is 2.10 bits per heavy atom. The van der Waals surface area contributed by atoms with Gasteiger partial charge in [-0.1, -0.05) is 113 Å². The number of hydrogen-bond acceptors (Lipinski definition) is 2. The molecule has 1 N–H and O–H groups in total. The third-order valence-electron chi connectivity index (χ3n) is 7.32. The molecule has 0 saturated heterocycles. The number of carbonyl (C=O) groups is 1. The van der Waals surface area contributed by atoms with Gasteiger partial charge in [0, 0.05) is 5.41 Å². The molecule has 1 amide bonds. The van der Waals surface area contributed by atoms with Crippen LogP contribution in [0.1, 0.15) is 114 Å². The minimum absolute atomic E-state index is 0.0418. The average molecular weight is 440 g/mol. The highest BCUT2D eigenvalue weighted by Gasteiger charge is 2.31. The highest BCUT2D eigenvalue weighted by atomic mass is 32.1. The average Bonchev–Trinajstić information content (AvgIpc) is 2.65. The fraction of sp³-hybridized carbons (Fsp3) is 0.962. The van der Waals surface area contributed by atoms with E-state index in [1.165, 1.54) is 44.9 Å². The van der Waals surface area contributed by atoms with Gasteiger partial charge >= 0.3 is 0 Å². The molecule has 5 atom stereocenters. The third kappa shape index (κ3) is 13.3. The number of amides is 1. The topological polar surface area (TPSA) is 29.1 Å². The zero-order valence-corrected chi connectivity index (χ0v) is 22.8. The van der Waals surface area contributed by atoms with Crippen molar-refractivity contribution >= 4 is 25.8 Å². The Bertz CT molecular complexity index is 454. The molecular weight excluding hydrogens is 385 g/mol. The van der Waals surface area contributed by atoms with Crippen LogP contribution >= 0.6 is 12.6 Å². The van der Waals surface area contributed by atoms with Crippen LogP contribution in [0.25, 0.3) is 0 Å². The zero-order chi connectivity index (χ0) is 23.3. The van der Waals surface area contributed by atoms with Crippen molar-refractivity contribution in [1.82, 2.24) is 5.32 Å². The largest absolute Gasteiger partial charge is 0.345 e. The summed E-state index contributed by atoms with van der Waals surface area (Å²) < 4.78 is 0. The molecule has 0 aliphatic carbocycles.